The van der Waals surface area contributed by atoms with E-state index in [1.807, 2.05) is 12.1 Å². The van der Waals surface area contributed by atoms with Crippen LogP contribution >= 0.6 is 0 Å². The SMILES string of the molecule is CCCNC(c1cc(C)cc(C)c1)c1ccc(C)c(F)c1. The van der Waals surface area contributed by atoms with Gasteiger partial charge in [0.15, 0.2) is 0 Å². The third-order valence-corrected chi connectivity index (χ3v) is 3.71. The minimum absolute atomic E-state index is 0.0404. The molecule has 0 saturated heterocycles. The van der Waals surface area contributed by atoms with Crippen LogP contribution in [0.5, 0.6) is 0 Å². The van der Waals surface area contributed by atoms with Crippen LogP contribution in [-0.2, 0) is 0 Å². The summed E-state index contributed by atoms with van der Waals surface area (Å²) in [6, 6.07) is 12.1. The zero-order valence-corrected chi connectivity index (χ0v) is 13.3. The fourth-order valence-corrected chi connectivity index (χ4v) is 2.68. The minimum Gasteiger partial charge on any atom is -0.306 e. The fraction of sp³-hybridized carbons (Fsp3) is 0.368. The van der Waals surface area contributed by atoms with Crippen LogP contribution in [0.1, 0.15) is 47.2 Å². The Morgan fingerprint density at radius 3 is 2.19 bits per heavy atom. The fourth-order valence-electron chi connectivity index (χ4n) is 2.68. The molecule has 2 heteroatoms. The number of nitrogens with one attached hydrogen (secondary N) is 1. The van der Waals surface area contributed by atoms with Crippen molar-refractivity contribution in [3.8, 4) is 0 Å². The van der Waals surface area contributed by atoms with Crippen LogP contribution in [0.4, 0.5) is 4.39 Å². The molecule has 21 heavy (non-hydrogen) atoms. The van der Waals surface area contributed by atoms with E-state index in [-0.39, 0.29) is 11.9 Å². The lowest BCUT2D eigenvalue weighted by molar-refractivity contribution is 0.582. The molecule has 0 radical (unpaired) electrons. The molecule has 0 fully saturated rings. The Morgan fingerprint density at radius 2 is 1.62 bits per heavy atom. The molecular formula is C19H24FN. The third kappa shape index (κ3) is 3.92. The summed E-state index contributed by atoms with van der Waals surface area (Å²) >= 11 is 0. The van der Waals surface area contributed by atoms with E-state index in [1.165, 1.54) is 16.7 Å². The standard InChI is InChI=1S/C19H24FN/c1-5-8-21-19(16-7-6-15(4)18(20)12-16)17-10-13(2)9-14(3)11-17/h6-7,9-12,19,21H,5,8H2,1-4H3. The van der Waals surface area contributed by atoms with E-state index in [0.29, 0.717) is 5.56 Å². The molecule has 0 aromatic heterocycles. The van der Waals surface area contributed by atoms with Crippen LogP contribution in [0.25, 0.3) is 0 Å². The van der Waals surface area contributed by atoms with E-state index in [0.717, 1.165) is 18.5 Å². The molecule has 1 unspecified atom stereocenters. The molecular weight excluding hydrogens is 261 g/mol. The van der Waals surface area contributed by atoms with Crippen molar-refractivity contribution in [1.29, 1.82) is 0 Å². The minimum atomic E-state index is -0.139. The summed E-state index contributed by atoms with van der Waals surface area (Å²) in [4.78, 5) is 0. The van der Waals surface area contributed by atoms with Gasteiger partial charge in [-0.1, -0.05) is 48.4 Å². The van der Waals surface area contributed by atoms with Gasteiger partial charge in [0.2, 0.25) is 0 Å². The lowest BCUT2D eigenvalue weighted by atomic mass is 9.94. The van der Waals surface area contributed by atoms with Crippen molar-refractivity contribution in [2.24, 2.45) is 0 Å². The van der Waals surface area contributed by atoms with E-state index in [1.54, 1.807) is 13.0 Å². The normalized spacial score (nSPS) is 12.4. The lowest BCUT2D eigenvalue weighted by Gasteiger charge is -2.21. The Balaban J connectivity index is 2.43. The largest absolute Gasteiger partial charge is 0.306 e. The monoisotopic (exact) mass is 285 g/mol. The van der Waals surface area contributed by atoms with E-state index in [2.05, 4.69) is 44.3 Å². The Labute approximate surface area is 127 Å². The summed E-state index contributed by atoms with van der Waals surface area (Å²) in [5, 5.41) is 3.54. The van der Waals surface area contributed by atoms with Crippen LogP contribution in [0.2, 0.25) is 0 Å². The number of halogens is 1. The second-order valence-electron chi connectivity index (χ2n) is 5.82. The van der Waals surface area contributed by atoms with Crippen LogP contribution in [0.15, 0.2) is 36.4 Å². The molecule has 0 amide bonds. The summed E-state index contributed by atoms with van der Waals surface area (Å²) in [6.45, 7) is 9.05. The van der Waals surface area contributed by atoms with Crippen LogP contribution in [0.3, 0.4) is 0 Å². The third-order valence-electron chi connectivity index (χ3n) is 3.71. The second kappa shape index (κ2) is 6.86. The van der Waals surface area contributed by atoms with E-state index < -0.39 is 0 Å². The Kier molecular flexibility index (Phi) is 5.13. The highest BCUT2D eigenvalue weighted by Crippen LogP contribution is 2.25. The summed E-state index contributed by atoms with van der Waals surface area (Å²) in [5.74, 6) is -0.139. The highest BCUT2D eigenvalue weighted by Gasteiger charge is 2.15. The number of hydrogen-bond donors (Lipinski definition) is 1. The van der Waals surface area contributed by atoms with Gasteiger partial charge in [-0.15, -0.1) is 0 Å². The van der Waals surface area contributed by atoms with Gasteiger partial charge < -0.3 is 5.32 Å². The molecule has 112 valence electrons. The molecule has 2 aromatic carbocycles. The summed E-state index contributed by atoms with van der Waals surface area (Å²) in [6.07, 6.45) is 1.05. The van der Waals surface area contributed by atoms with Gasteiger partial charge in [-0.25, -0.2) is 4.39 Å². The van der Waals surface area contributed by atoms with Gasteiger partial charge in [0.1, 0.15) is 5.82 Å². The first kappa shape index (κ1) is 15.7. The van der Waals surface area contributed by atoms with Gasteiger partial charge in [0.25, 0.3) is 0 Å². The molecule has 0 aliphatic heterocycles. The van der Waals surface area contributed by atoms with Gasteiger partial charge in [0.05, 0.1) is 6.04 Å². The molecule has 0 spiro atoms. The molecule has 2 rings (SSSR count). The molecule has 1 atom stereocenters. The zero-order valence-electron chi connectivity index (χ0n) is 13.3. The van der Waals surface area contributed by atoms with Gasteiger partial charge in [0, 0.05) is 0 Å². The van der Waals surface area contributed by atoms with Gasteiger partial charge in [-0.05, 0) is 56.5 Å². The van der Waals surface area contributed by atoms with Gasteiger partial charge >= 0.3 is 0 Å². The van der Waals surface area contributed by atoms with E-state index in [9.17, 15) is 4.39 Å². The molecule has 1 nitrogen and oxygen atoms in total. The van der Waals surface area contributed by atoms with Gasteiger partial charge in [-0.3, -0.25) is 0 Å². The van der Waals surface area contributed by atoms with Crippen molar-refractivity contribution in [1.82, 2.24) is 5.32 Å². The molecule has 0 saturated carbocycles. The first-order valence-corrected chi connectivity index (χ1v) is 7.59. The average Bonchev–Trinajstić information content (AvgIpc) is 2.42. The van der Waals surface area contributed by atoms with Crippen LogP contribution in [0, 0.1) is 26.6 Å². The van der Waals surface area contributed by atoms with Crippen LogP contribution in [-0.4, -0.2) is 6.54 Å². The molecule has 1 N–H and O–H groups in total. The highest BCUT2D eigenvalue weighted by molar-refractivity contribution is 5.38. The predicted octanol–water partition coefficient (Wildman–Crippen LogP) is 4.84. The Morgan fingerprint density at radius 1 is 0.952 bits per heavy atom. The maximum Gasteiger partial charge on any atom is 0.126 e. The number of benzene rings is 2. The predicted molar refractivity (Wildman–Crippen MR) is 87.2 cm³/mol. The van der Waals surface area contributed by atoms with Crippen molar-refractivity contribution in [3.63, 3.8) is 0 Å². The summed E-state index contributed by atoms with van der Waals surface area (Å²) < 4.78 is 13.9. The number of hydrogen-bond acceptors (Lipinski definition) is 1. The molecule has 0 heterocycles. The second-order valence-corrected chi connectivity index (χ2v) is 5.82. The van der Waals surface area contributed by atoms with Crippen molar-refractivity contribution < 1.29 is 4.39 Å². The van der Waals surface area contributed by atoms with Crippen molar-refractivity contribution in [2.45, 2.75) is 40.2 Å². The zero-order chi connectivity index (χ0) is 15.4. The molecule has 0 aliphatic carbocycles. The molecule has 2 aromatic rings. The quantitative estimate of drug-likeness (QED) is 0.829. The number of rotatable bonds is 5. The highest BCUT2D eigenvalue weighted by atomic mass is 19.1. The van der Waals surface area contributed by atoms with E-state index in [4.69, 9.17) is 0 Å². The maximum atomic E-state index is 13.9. The smallest absolute Gasteiger partial charge is 0.126 e. The first-order valence-electron chi connectivity index (χ1n) is 7.59. The average molecular weight is 285 g/mol. The maximum absolute atomic E-state index is 13.9. The summed E-state index contributed by atoms with van der Waals surface area (Å²) in [7, 11) is 0. The molecule has 0 bridgehead atoms. The summed E-state index contributed by atoms with van der Waals surface area (Å²) in [5.41, 5.74) is 5.34. The topological polar surface area (TPSA) is 12.0 Å². The Hall–Kier alpha value is -1.67. The lowest BCUT2D eigenvalue weighted by Crippen LogP contribution is -2.23. The van der Waals surface area contributed by atoms with Crippen molar-refractivity contribution in [3.05, 3.63) is 70.0 Å². The van der Waals surface area contributed by atoms with Crippen molar-refractivity contribution in [2.75, 3.05) is 6.54 Å². The van der Waals surface area contributed by atoms with E-state index >= 15 is 0 Å². The number of aryl methyl sites for hydroxylation is 3. The molecule has 0 aliphatic rings. The Bertz CT molecular complexity index is 599. The van der Waals surface area contributed by atoms with Crippen LogP contribution < -0.4 is 5.32 Å². The first-order chi connectivity index (χ1) is 10.0. The van der Waals surface area contributed by atoms with Crippen molar-refractivity contribution >= 4 is 0 Å². The van der Waals surface area contributed by atoms with Gasteiger partial charge in [-0.2, -0.15) is 0 Å².